The molecular formula is C22H24F5N5O3S. The highest BCUT2D eigenvalue weighted by Gasteiger charge is 2.74. The van der Waals surface area contributed by atoms with Crippen molar-refractivity contribution >= 4 is 21.3 Å². The molecule has 3 saturated carbocycles. The molecule has 0 bridgehead atoms. The second kappa shape index (κ2) is 7.39. The van der Waals surface area contributed by atoms with Crippen LogP contribution in [-0.4, -0.2) is 32.1 Å². The van der Waals surface area contributed by atoms with Gasteiger partial charge in [-0.1, -0.05) is 6.92 Å². The normalized spacial score (nSPS) is 28.4. The number of anilines is 1. The Kier molecular flexibility index (Phi) is 5.11. The largest absolute Gasteiger partial charge is 0.618 e. The molecule has 3 fully saturated rings. The minimum Gasteiger partial charge on any atom is -0.618 e. The van der Waals surface area contributed by atoms with E-state index in [1.807, 2.05) is 0 Å². The Balaban J connectivity index is 1.57. The molecule has 8 nitrogen and oxygen atoms in total. The number of carbonyl (C=O) groups is 1. The van der Waals surface area contributed by atoms with Crippen molar-refractivity contribution in [1.82, 2.24) is 9.78 Å². The molecule has 2 N–H and O–H groups in total. The Bertz CT molecular complexity index is 1390. The van der Waals surface area contributed by atoms with Gasteiger partial charge in [0.2, 0.25) is 5.92 Å². The van der Waals surface area contributed by atoms with Gasteiger partial charge in [0.1, 0.15) is 21.0 Å². The summed E-state index contributed by atoms with van der Waals surface area (Å²) in [5, 5.41) is 17.9. The molecule has 36 heavy (non-hydrogen) atoms. The van der Waals surface area contributed by atoms with Gasteiger partial charge in [-0.25, -0.2) is 17.8 Å². The number of aromatic nitrogens is 3. The molecule has 14 heteroatoms. The lowest BCUT2D eigenvalue weighted by atomic mass is 9.98. The van der Waals surface area contributed by atoms with E-state index in [4.69, 9.17) is 4.78 Å². The van der Waals surface area contributed by atoms with Crippen LogP contribution in [0.4, 0.5) is 27.6 Å². The summed E-state index contributed by atoms with van der Waals surface area (Å²) in [6, 6.07) is 2.06. The van der Waals surface area contributed by atoms with E-state index < -0.39 is 67.2 Å². The SMILES string of the molecule is CC12CC(F)(F)CC1(Cn1nc(C3CC3)c(C(F)(F)F)c1C(=O)Nc1cc[n+]([O-])c(S(C)(=N)=O)c1)C2. The molecule has 2 aromatic rings. The van der Waals surface area contributed by atoms with Crippen LogP contribution >= 0.6 is 0 Å². The first kappa shape index (κ1) is 24.9. The van der Waals surface area contributed by atoms with Crippen molar-refractivity contribution in [2.24, 2.45) is 10.8 Å². The van der Waals surface area contributed by atoms with Gasteiger partial charge in [0.15, 0.2) is 6.20 Å². The van der Waals surface area contributed by atoms with E-state index >= 15 is 0 Å². The van der Waals surface area contributed by atoms with E-state index in [2.05, 4.69) is 10.4 Å². The predicted molar refractivity (Wildman–Crippen MR) is 117 cm³/mol. The fourth-order valence-corrected chi connectivity index (χ4v) is 6.47. The van der Waals surface area contributed by atoms with E-state index in [0.717, 1.165) is 29.3 Å². The lowest BCUT2D eigenvalue weighted by Gasteiger charge is -2.18. The maximum absolute atomic E-state index is 14.2. The van der Waals surface area contributed by atoms with Crippen LogP contribution in [0, 0.1) is 20.8 Å². The highest BCUT2D eigenvalue weighted by atomic mass is 32.2. The quantitative estimate of drug-likeness (QED) is 0.323. The molecule has 196 valence electrons. The lowest BCUT2D eigenvalue weighted by molar-refractivity contribution is -0.646. The Morgan fingerprint density at radius 2 is 2.00 bits per heavy atom. The number of halogens is 5. The van der Waals surface area contributed by atoms with E-state index in [-0.39, 0.29) is 29.1 Å². The molecular weight excluding hydrogens is 509 g/mol. The van der Waals surface area contributed by atoms with E-state index in [1.54, 1.807) is 6.92 Å². The van der Waals surface area contributed by atoms with Gasteiger partial charge in [0.25, 0.3) is 10.9 Å². The van der Waals surface area contributed by atoms with Gasteiger partial charge < -0.3 is 10.5 Å². The maximum atomic E-state index is 14.2. The minimum absolute atomic E-state index is 0.139. The Morgan fingerprint density at radius 3 is 2.53 bits per heavy atom. The summed E-state index contributed by atoms with van der Waals surface area (Å²) in [5.41, 5.74) is -4.11. The molecule has 3 aliphatic carbocycles. The predicted octanol–water partition coefficient (Wildman–Crippen LogP) is 4.53. The van der Waals surface area contributed by atoms with Crippen molar-refractivity contribution in [3.63, 3.8) is 0 Å². The van der Waals surface area contributed by atoms with Crippen LogP contribution in [0.3, 0.4) is 0 Å². The third-order valence-corrected chi connectivity index (χ3v) is 8.66. The highest BCUT2D eigenvalue weighted by Crippen LogP contribution is 2.77. The average molecular weight is 534 g/mol. The molecule has 1 amide bonds. The monoisotopic (exact) mass is 533 g/mol. The number of rotatable bonds is 6. The number of hydrogen-bond acceptors (Lipinski definition) is 5. The molecule has 0 radical (unpaired) electrons. The number of pyridine rings is 1. The molecule has 0 aromatic carbocycles. The summed E-state index contributed by atoms with van der Waals surface area (Å²) < 4.78 is 91.9. The summed E-state index contributed by atoms with van der Waals surface area (Å²) in [6.45, 7) is 1.42. The van der Waals surface area contributed by atoms with Gasteiger partial charge in [-0.3, -0.25) is 9.48 Å². The molecule has 2 aromatic heterocycles. The second-order valence-corrected chi connectivity index (χ2v) is 12.7. The summed E-state index contributed by atoms with van der Waals surface area (Å²) in [6.07, 6.45) is -2.56. The Labute approximate surface area is 203 Å². The van der Waals surface area contributed by atoms with Gasteiger partial charge in [0, 0.05) is 49.1 Å². The molecule has 3 aliphatic rings. The van der Waals surface area contributed by atoms with E-state index in [1.165, 1.54) is 0 Å². The van der Waals surface area contributed by atoms with Crippen molar-refractivity contribution in [3.05, 3.63) is 40.5 Å². The minimum atomic E-state index is -4.92. The third-order valence-electron chi connectivity index (χ3n) is 7.57. The average Bonchev–Trinajstić information content (AvgIpc) is 3.56. The van der Waals surface area contributed by atoms with Crippen LogP contribution in [-0.2, 0) is 22.5 Å². The summed E-state index contributed by atoms with van der Waals surface area (Å²) in [5.74, 6) is -4.60. The standard InChI is InChI=1S/C22H24F5N5O3S/c1-19-8-20(19,10-21(23,24)9-19)11-31-17(15(22(25,26)27)16(30-31)12-3-4-12)18(33)29-13-5-6-32(34)14(7-13)36(2,28)35/h5-7,12,28H,3-4,8-11H2,1-2H3,(H,29,33). The van der Waals surface area contributed by atoms with E-state index in [0.29, 0.717) is 19.3 Å². The second-order valence-electron chi connectivity index (χ2n) is 10.6. The first-order valence-corrected chi connectivity index (χ1v) is 13.3. The third kappa shape index (κ3) is 4.12. The van der Waals surface area contributed by atoms with Crippen molar-refractivity contribution < 1.29 is 35.7 Å². The van der Waals surface area contributed by atoms with Crippen LogP contribution in [0.2, 0.25) is 0 Å². The first-order chi connectivity index (χ1) is 16.4. The van der Waals surface area contributed by atoms with Crippen molar-refractivity contribution in [1.29, 1.82) is 4.78 Å². The maximum Gasteiger partial charge on any atom is 0.420 e. The summed E-state index contributed by atoms with van der Waals surface area (Å²) in [4.78, 5) is 13.3. The fourth-order valence-electron chi connectivity index (χ4n) is 5.71. The van der Waals surface area contributed by atoms with Crippen molar-refractivity contribution in [3.8, 4) is 0 Å². The summed E-state index contributed by atoms with van der Waals surface area (Å²) >= 11 is 0. The van der Waals surface area contributed by atoms with Gasteiger partial charge >= 0.3 is 6.18 Å². The number of nitrogens with zero attached hydrogens (tertiary/aromatic N) is 3. The number of hydrogen-bond donors (Lipinski definition) is 2. The van der Waals surface area contributed by atoms with E-state index in [9.17, 15) is 36.2 Å². The number of fused-ring (bicyclic) bond motifs is 1. The number of carbonyl (C=O) groups excluding carboxylic acids is 1. The van der Waals surface area contributed by atoms with Crippen LogP contribution in [0.25, 0.3) is 0 Å². The molecule has 5 rings (SSSR count). The molecule has 3 atom stereocenters. The zero-order chi connectivity index (χ0) is 26.5. The zero-order valence-corrected chi connectivity index (χ0v) is 20.2. The number of amides is 1. The first-order valence-electron chi connectivity index (χ1n) is 11.3. The Morgan fingerprint density at radius 1 is 1.33 bits per heavy atom. The highest BCUT2D eigenvalue weighted by molar-refractivity contribution is 7.91. The van der Waals surface area contributed by atoms with Gasteiger partial charge in [0.05, 0.1) is 11.4 Å². The molecule has 0 aliphatic heterocycles. The molecule has 2 heterocycles. The fraction of sp³-hybridized carbons (Fsp3) is 0.591. The molecule has 0 spiro atoms. The van der Waals surface area contributed by atoms with Crippen molar-refractivity contribution in [2.45, 2.75) is 68.6 Å². The topological polar surface area (TPSA) is 115 Å². The number of alkyl halides is 5. The van der Waals surface area contributed by atoms with Crippen LogP contribution in [0.1, 0.15) is 66.7 Å². The van der Waals surface area contributed by atoms with Gasteiger partial charge in [-0.2, -0.15) is 23.0 Å². The number of nitrogens with one attached hydrogen (secondary N) is 2. The van der Waals surface area contributed by atoms with Gasteiger partial charge in [-0.05, 0) is 24.7 Å². The Hall–Kier alpha value is -2.77. The van der Waals surface area contributed by atoms with Crippen LogP contribution in [0.5, 0.6) is 0 Å². The summed E-state index contributed by atoms with van der Waals surface area (Å²) in [7, 11) is -3.50. The lowest BCUT2D eigenvalue weighted by Crippen LogP contribution is -2.33. The molecule has 3 unspecified atom stereocenters. The van der Waals surface area contributed by atoms with Crippen LogP contribution in [0.15, 0.2) is 23.4 Å². The molecule has 0 saturated heterocycles. The smallest absolute Gasteiger partial charge is 0.420 e. The van der Waals surface area contributed by atoms with Crippen LogP contribution < -0.4 is 10.0 Å². The zero-order valence-electron chi connectivity index (χ0n) is 19.4. The van der Waals surface area contributed by atoms with Crippen molar-refractivity contribution in [2.75, 3.05) is 11.6 Å². The van der Waals surface area contributed by atoms with Gasteiger partial charge in [-0.15, -0.1) is 0 Å².